The van der Waals surface area contributed by atoms with Crippen LogP contribution in [0.4, 0.5) is 26.3 Å². The fraction of sp³-hybridized carbons (Fsp3) is 0.591. The van der Waals surface area contributed by atoms with Crippen molar-refractivity contribution in [3.63, 3.8) is 0 Å². The van der Waals surface area contributed by atoms with Gasteiger partial charge in [0.25, 0.3) is 0 Å². The van der Waals surface area contributed by atoms with Gasteiger partial charge in [0.15, 0.2) is 0 Å². The van der Waals surface area contributed by atoms with Crippen molar-refractivity contribution < 1.29 is 56.0 Å². The Kier molecular flexibility index (Phi) is 18.5. The van der Waals surface area contributed by atoms with Crippen molar-refractivity contribution in [1.29, 1.82) is 0 Å². The smallest absolute Gasteiger partial charge is 0.475 e. The Balaban J connectivity index is 0. The Morgan fingerprint density at radius 3 is 1.79 bits per heavy atom. The van der Waals surface area contributed by atoms with Crippen LogP contribution in [-0.4, -0.2) is 82.5 Å². The maximum Gasteiger partial charge on any atom is 0.490 e. The van der Waals surface area contributed by atoms with Crippen LogP contribution in [0.3, 0.4) is 0 Å². The summed E-state index contributed by atoms with van der Waals surface area (Å²) in [7, 11) is 0. The lowest BCUT2D eigenvalue weighted by atomic mass is 9.97. The summed E-state index contributed by atoms with van der Waals surface area (Å²) in [6.45, 7) is 4.53. The Labute approximate surface area is 221 Å². The van der Waals surface area contributed by atoms with Gasteiger partial charge < -0.3 is 31.7 Å². The molecular weight excluding hydrogens is 548 g/mol. The third-order valence-corrected chi connectivity index (χ3v) is 5.18. The SMILES string of the molecule is CC[C@H](C)[C@H](NC[C@@H](N)CS)C(=O)N[C@H](CO)Cc1ccccc1.O=C(O)C(F)(F)F.O=C(O)C(F)(F)F. The van der Waals surface area contributed by atoms with Gasteiger partial charge >= 0.3 is 24.3 Å². The highest BCUT2D eigenvalue weighted by Gasteiger charge is 2.38. The molecule has 0 fully saturated rings. The summed E-state index contributed by atoms with van der Waals surface area (Å²) in [6.07, 6.45) is -8.68. The molecule has 1 aromatic carbocycles. The standard InChI is InChI=1S/C18H31N3O2S.2C2HF3O2/c1-3-13(2)17(20-10-15(19)12-24)18(23)21-16(11-22)9-14-7-5-4-6-8-14;2*3-2(4,5)1(6)7/h4-8,13,15-17,20,22,24H,3,9-12,19H2,1-2H3,(H,21,23);2*(H,6,7)/t13-,15+,16-,17-;;/m0../s1. The van der Waals surface area contributed by atoms with Crippen molar-refractivity contribution in [3.8, 4) is 0 Å². The van der Waals surface area contributed by atoms with E-state index in [1.807, 2.05) is 37.3 Å². The Morgan fingerprint density at radius 2 is 1.45 bits per heavy atom. The lowest BCUT2D eigenvalue weighted by molar-refractivity contribution is -0.193. The maximum atomic E-state index is 12.7. The Morgan fingerprint density at radius 1 is 1.00 bits per heavy atom. The minimum absolute atomic E-state index is 0.0919. The number of halogens is 6. The third-order valence-electron chi connectivity index (χ3n) is 4.71. The number of nitrogens with two attached hydrogens (primary N) is 1. The van der Waals surface area contributed by atoms with Crippen LogP contribution < -0.4 is 16.4 Å². The van der Waals surface area contributed by atoms with E-state index in [2.05, 4.69) is 30.2 Å². The number of carbonyl (C=O) groups is 3. The van der Waals surface area contributed by atoms with Crippen LogP contribution in [-0.2, 0) is 20.8 Å². The topological polar surface area (TPSA) is 162 Å². The number of hydrogen-bond acceptors (Lipinski definition) is 7. The second-order valence-corrected chi connectivity index (χ2v) is 8.26. The summed E-state index contributed by atoms with van der Waals surface area (Å²) in [5, 5.41) is 30.1. The molecule has 0 unspecified atom stereocenters. The van der Waals surface area contributed by atoms with E-state index in [9.17, 15) is 36.2 Å². The molecule has 0 aromatic heterocycles. The quantitative estimate of drug-likeness (QED) is 0.155. The molecule has 0 bridgehead atoms. The Hall–Kier alpha value is -2.56. The van der Waals surface area contributed by atoms with Gasteiger partial charge in [-0.25, -0.2) is 9.59 Å². The first-order valence-electron chi connectivity index (χ1n) is 11.1. The number of amides is 1. The molecule has 0 saturated carbocycles. The highest BCUT2D eigenvalue weighted by molar-refractivity contribution is 7.80. The molecule has 0 aliphatic heterocycles. The van der Waals surface area contributed by atoms with E-state index in [4.69, 9.17) is 25.5 Å². The van der Waals surface area contributed by atoms with Crippen LogP contribution in [0.15, 0.2) is 30.3 Å². The highest BCUT2D eigenvalue weighted by atomic mass is 32.1. The predicted molar refractivity (Wildman–Crippen MR) is 130 cm³/mol. The molecule has 0 spiro atoms. The first-order chi connectivity index (χ1) is 17.4. The van der Waals surface area contributed by atoms with Crippen molar-refractivity contribution in [2.24, 2.45) is 11.7 Å². The average Bonchev–Trinajstić information content (AvgIpc) is 2.83. The van der Waals surface area contributed by atoms with Gasteiger partial charge in [-0.1, -0.05) is 50.6 Å². The first-order valence-corrected chi connectivity index (χ1v) is 11.7. The number of carboxylic acids is 2. The number of nitrogens with one attached hydrogen (secondary N) is 2. The summed E-state index contributed by atoms with van der Waals surface area (Å²) < 4.78 is 63.5. The molecule has 9 nitrogen and oxygen atoms in total. The first kappa shape index (κ1) is 37.6. The van der Waals surface area contributed by atoms with Gasteiger partial charge in [0, 0.05) is 18.3 Å². The Bertz CT molecular complexity index is 806. The molecule has 220 valence electrons. The monoisotopic (exact) mass is 581 g/mol. The van der Waals surface area contributed by atoms with Crippen LogP contribution >= 0.6 is 12.6 Å². The van der Waals surface area contributed by atoms with E-state index in [0.29, 0.717) is 18.7 Å². The van der Waals surface area contributed by atoms with Gasteiger partial charge in [-0.15, -0.1) is 0 Å². The van der Waals surface area contributed by atoms with Gasteiger partial charge in [0.2, 0.25) is 5.91 Å². The van der Waals surface area contributed by atoms with E-state index >= 15 is 0 Å². The van der Waals surface area contributed by atoms with Crippen LogP contribution in [0.5, 0.6) is 0 Å². The van der Waals surface area contributed by atoms with Gasteiger partial charge in [0.05, 0.1) is 18.7 Å². The van der Waals surface area contributed by atoms with E-state index < -0.39 is 24.3 Å². The van der Waals surface area contributed by atoms with Crippen molar-refractivity contribution >= 4 is 30.5 Å². The fourth-order valence-electron chi connectivity index (χ4n) is 2.48. The zero-order chi connectivity index (χ0) is 30.1. The third kappa shape index (κ3) is 17.8. The summed E-state index contributed by atoms with van der Waals surface area (Å²) in [5.74, 6) is -4.87. The van der Waals surface area contributed by atoms with Crippen molar-refractivity contribution in [3.05, 3.63) is 35.9 Å². The minimum Gasteiger partial charge on any atom is -0.475 e. The molecule has 0 aliphatic rings. The van der Waals surface area contributed by atoms with E-state index in [-0.39, 0.29) is 36.6 Å². The van der Waals surface area contributed by atoms with Crippen LogP contribution in [0, 0.1) is 5.92 Å². The second-order valence-electron chi connectivity index (χ2n) is 7.90. The summed E-state index contributed by atoms with van der Waals surface area (Å²) in [5.41, 5.74) is 6.97. The lowest BCUT2D eigenvalue weighted by Gasteiger charge is -2.27. The lowest BCUT2D eigenvalue weighted by Crippen LogP contribution is -2.54. The molecule has 0 radical (unpaired) electrons. The number of aliphatic hydroxyl groups is 1. The zero-order valence-electron chi connectivity index (χ0n) is 20.6. The predicted octanol–water partition coefficient (Wildman–Crippen LogP) is 2.23. The number of benzene rings is 1. The molecule has 0 saturated heterocycles. The summed E-state index contributed by atoms with van der Waals surface area (Å²) in [6, 6.07) is 9.12. The molecule has 1 aromatic rings. The fourth-order valence-corrected chi connectivity index (χ4v) is 2.61. The largest absolute Gasteiger partial charge is 0.490 e. The van der Waals surface area contributed by atoms with Crippen molar-refractivity contribution in [1.82, 2.24) is 10.6 Å². The van der Waals surface area contributed by atoms with E-state index in [0.717, 1.165) is 12.0 Å². The molecule has 0 heterocycles. The molecule has 4 atom stereocenters. The van der Waals surface area contributed by atoms with Gasteiger partial charge in [-0.05, 0) is 17.9 Å². The number of thiol groups is 1. The van der Waals surface area contributed by atoms with E-state index in [1.165, 1.54) is 0 Å². The molecular formula is C22H33F6N3O6S. The number of carbonyl (C=O) groups excluding carboxylic acids is 1. The molecule has 0 aliphatic carbocycles. The number of rotatable bonds is 11. The number of aliphatic carboxylic acids is 2. The van der Waals surface area contributed by atoms with Crippen LogP contribution in [0.25, 0.3) is 0 Å². The van der Waals surface area contributed by atoms with Crippen LogP contribution in [0.1, 0.15) is 25.8 Å². The number of alkyl halides is 6. The van der Waals surface area contributed by atoms with Gasteiger partial charge in [-0.2, -0.15) is 39.0 Å². The van der Waals surface area contributed by atoms with Crippen molar-refractivity contribution in [2.45, 2.75) is 57.2 Å². The normalized spacial score (nSPS) is 14.4. The number of hydrogen-bond donors (Lipinski definition) is 7. The molecule has 38 heavy (non-hydrogen) atoms. The van der Waals surface area contributed by atoms with Gasteiger partial charge in [0.1, 0.15) is 0 Å². The molecule has 1 amide bonds. The van der Waals surface area contributed by atoms with Gasteiger partial charge in [-0.3, -0.25) is 4.79 Å². The average molecular weight is 582 g/mol. The van der Waals surface area contributed by atoms with Crippen LogP contribution in [0.2, 0.25) is 0 Å². The number of aliphatic hydroxyl groups excluding tert-OH is 1. The zero-order valence-corrected chi connectivity index (χ0v) is 21.5. The van der Waals surface area contributed by atoms with E-state index in [1.54, 1.807) is 0 Å². The highest BCUT2D eigenvalue weighted by Crippen LogP contribution is 2.14. The molecule has 1 rings (SSSR count). The molecule has 7 N–H and O–H groups in total. The molecule has 16 heteroatoms. The number of carboxylic acid groups (broad SMARTS) is 2. The summed E-state index contributed by atoms with van der Waals surface area (Å²) >= 11 is 4.17. The summed E-state index contributed by atoms with van der Waals surface area (Å²) in [4.78, 5) is 30.5. The second kappa shape index (κ2) is 18.7. The maximum absolute atomic E-state index is 12.7. The van der Waals surface area contributed by atoms with Crippen molar-refractivity contribution in [2.75, 3.05) is 18.9 Å². The minimum atomic E-state index is -5.08.